The van der Waals surface area contributed by atoms with Crippen molar-refractivity contribution in [1.29, 1.82) is 0 Å². The van der Waals surface area contributed by atoms with Gasteiger partial charge in [0, 0.05) is 25.7 Å². The molecule has 0 radical (unpaired) electrons. The SMILES string of the molecule is CC/C=C\CCCCOC(=O)CCCCCC(=O)OCC(CO)(CO)COC(=O)CCCCCC(=O)OCCCC/C=C\CC. The van der Waals surface area contributed by atoms with Gasteiger partial charge in [0.1, 0.15) is 13.2 Å². The van der Waals surface area contributed by atoms with Crippen molar-refractivity contribution in [2.75, 3.05) is 39.6 Å². The van der Waals surface area contributed by atoms with Crippen molar-refractivity contribution in [2.45, 2.75) is 129 Å². The highest BCUT2D eigenvalue weighted by Crippen LogP contribution is 2.19. The number of esters is 4. The third-order valence-electron chi connectivity index (χ3n) is 7.13. The Morgan fingerprint density at radius 2 is 0.844 bits per heavy atom. The molecule has 0 aliphatic heterocycles. The Morgan fingerprint density at radius 1 is 0.489 bits per heavy atom. The maximum atomic E-state index is 12.2. The summed E-state index contributed by atoms with van der Waals surface area (Å²) >= 11 is 0. The van der Waals surface area contributed by atoms with E-state index in [1.807, 2.05) is 0 Å². The summed E-state index contributed by atoms with van der Waals surface area (Å²) < 4.78 is 21.0. The van der Waals surface area contributed by atoms with Gasteiger partial charge in [0.15, 0.2) is 0 Å². The first kappa shape index (κ1) is 42.3. The minimum atomic E-state index is -1.29. The van der Waals surface area contributed by atoms with Gasteiger partial charge in [-0.15, -0.1) is 0 Å². The molecule has 0 amide bonds. The molecular formula is C35H60O10. The van der Waals surface area contributed by atoms with Gasteiger partial charge < -0.3 is 29.2 Å². The third-order valence-corrected chi connectivity index (χ3v) is 7.13. The molecule has 0 aliphatic rings. The summed E-state index contributed by atoms with van der Waals surface area (Å²) in [5, 5.41) is 19.6. The number of rotatable bonds is 30. The smallest absolute Gasteiger partial charge is 0.305 e. The van der Waals surface area contributed by atoms with Crippen molar-refractivity contribution in [3.63, 3.8) is 0 Å². The topological polar surface area (TPSA) is 146 Å². The second-order valence-corrected chi connectivity index (χ2v) is 11.5. The molecule has 10 nitrogen and oxygen atoms in total. The van der Waals surface area contributed by atoms with Gasteiger partial charge in [-0.25, -0.2) is 0 Å². The number of carbonyl (C=O) groups is 4. The first-order chi connectivity index (χ1) is 21.8. The highest BCUT2D eigenvalue weighted by atomic mass is 16.6. The molecule has 0 heterocycles. The monoisotopic (exact) mass is 640 g/mol. The van der Waals surface area contributed by atoms with Crippen LogP contribution in [0.5, 0.6) is 0 Å². The van der Waals surface area contributed by atoms with Crippen LogP contribution in [0, 0.1) is 5.41 Å². The van der Waals surface area contributed by atoms with E-state index in [1.165, 1.54) is 0 Å². The minimum Gasteiger partial charge on any atom is -0.466 e. The van der Waals surface area contributed by atoms with Crippen LogP contribution in [-0.4, -0.2) is 73.7 Å². The van der Waals surface area contributed by atoms with Crippen molar-refractivity contribution < 1.29 is 48.3 Å². The number of ether oxygens (including phenoxy) is 4. The van der Waals surface area contributed by atoms with Gasteiger partial charge in [-0.2, -0.15) is 0 Å². The molecule has 0 bridgehead atoms. The van der Waals surface area contributed by atoms with Crippen LogP contribution >= 0.6 is 0 Å². The van der Waals surface area contributed by atoms with Crippen LogP contribution in [0.2, 0.25) is 0 Å². The van der Waals surface area contributed by atoms with Gasteiger partial charge in [0.25, 0.3) is 0 Å². The fourth-order valence-corrected chi connectivity index (χ4v) is 4.13. The molecule has 0 aliphatic carbocycles. The second kappa shape index (κ2) is 30.0. The summed E-state index contributed by atoms with van der Waals surface area (Å²) in [6.45, 7) is 3.40. The molecular weight excluding hydrogens is 580 g/mol. The standard InChI is InChI=1S/C35H60O10/c1-3-5-7-9-11-19-25-42-31(38)21-15-13-17-23-33(40)44-29-35(27-36,28-37)30-45-34(41)24-18-14-16-22-32(39)43-26-20-12-10-8-6-4-2/h5-8,36-37H,3-4,9-30H2,1-2H3/b7-5-,8-6-. The molecule has 0 aromatic carbocycles. The lowest BCUT2D eigenvalue weighted by Crippen LogP contribution is -2.41. The largest absolute Gasteiger partial charge is 0.466 e. The molecule has 0 saturated heterocycles. The summed E-state index contributed by atoms with van der Waals surface area (Å²) in [5.74, 6) is -1.45. The van der Waals surface area contributed by atoms with E-state index < -0.39 is 30.6 Å². The van der Waals surface area contributed by atoms with E-state index in [4.69, 9.17) is 18.9 Å². The highest BCUT2D eigenvalue weighted by Gasteiger charge is 2.33. The average molecular weight is 641 g/mol. The maximum absolute atomic E-state index is 12.2. The fraction of sp³-hybridized carbons (Fsp3) is 0.771. The molecule has 0 unspecified atom stereocenters. The molecule has 0 atom stereocenters. The van der Waals surface area contributed by atoms with Crippen LogP contribution < -0.4 is 0 Å². The van der Waals surface area contributed by atoms with E-state index in [0.717, 1.165) is 51.4 Å². The molecule has 2 N–H and O–H groups in total. The summed E-state index contributed by atoms with van der Waals surface area (Å²) in [5.41, 5.74) is -1.29. The molecule has 10 heteroatoms. The van der Waals surface area contributed by atoms with Crippen LogP contribution in [0.25, 0.3) is 0 Å². The molecule has 0 fully saturated rings. The Kier molecular flexibility index (Phi) is 28.2. The average Bonchev–Trinajstić information content (AvgIpc) is 3.04. The van der Waals surface area contributed by atoms with Crippen LogP contribution in [0.15, 0.2) is 24.3 Å². The number of hydrogen-bond donors (Lipinski definition) is 2. The lowest BCUT2D eigenvalue weighted by Gasteiger charge is -2.28. The molecule has 0 spiro atoms. The van der Waals surface area contributed by atoms with E-state index in [1.54, 1.807) is 0 Å². The Labute approximate surface area is 270 Å². The summed E-state index contributed by atoms with van der Waals surface area (Å²) in [6.07, 6.45) is 20.7. The first-order valence-corrected chi connectivity index (χ1v) is 17.0. The van der Waals surface area contributed by atoms with Gasteiger partial charge >= 0.3 is 23.9 Å². The number of aliphatic hydroxyl groups is 2. The molecule has 260 valence electrons. The Morgan fingerprint density at radius 3 is 1.18 bits per heavy atom. The number of aliphatic hydroxyl groups excluding tert-OH is 2. The van der Waals surface area contributed by atoms with Gasteiger partial charge in [-0.1, -0.05) is 51.0 Å². The van der Waals surface area contributed by atoms with Crippen molar-refractivity contribution in [1.82, 2.24) is 0 Å². The van der Waals surface area contributed by atoms with Crippen LogP contribution in [-0.2, 0) is 38.1 Å². The van der Waals surface area contributed by atoms with Crippen LogP contribution in [0.1, 0.15) is 129 Å². The normalized spacial score (nSPS) is 11.6. The van der Waals surface area contributed by atoms with Gasteiger partial charge in [-0.3, -0.25) is 19.2 Å². The quantitative estimate of drug-likeness (QED) is 0.0397. The summed E-state index contributed by atoms with van der Waals surface area (Å²) in [6, 6.07) is 0. The number of hydrogen-bond acceptors (Lipinski definition) is 10. The highest BCUT2D eigenvalue weighted by molar-refractivity contribution is 5.70. The van der Waals surface area contributed by atoms with Crippen molar-refractivity contribution in [3.05, 3.63) is 24.3 Å². The maximum Gasteiger partial charge on any atom is 0.305 e. The van der Waals surface area contributed by atoms with E-state index in [-0.39, 0.29) is 38.0 Å². The minimum absolute atomic E-state index is 0.136. The lowest BCUT2D eigenvalue weighted by molar-refractivity contribution is -0.159. The van der Waals surface area contributed by atoms with E-state index >= 15 is 0 Å². The van der Waals surface area contributed by atoms with Crippen molar-refractivity contribution in [2.24, 2.45) is 5.41 Å². The van der Waals surface area contributed by atoms with E-state index in [9.17, 15) is 29.4 Å². The number of unbranched alkanes of at least 4 members (excludes halogenated alkanes) is 8. The second-order valence-electron chi connectivity index (χ2n) is 11.5. The first-order valence-electron chi connectivity index (χ1n) is 17.0. The molecule has 0 saturated carbocycles. The fourth-order valence-electron chi connectivity index (χ4n) is 4.13. The third kappa shape index (κ3) is 26.2. The lowest BCUT2D eigenvalue weighted by atomic mass is 9.92. The number of allylic oxidation sites excluding steroid dienone is 4. The number of carbonyl (C=O) groups excluding carboxylic acids is 4. The molecule has 45 heavy (non-hydrogen) atoms. The summed E-state index contributed by atoms with van der Waals surface area (Å²) in [7, 11) is 0. The Bertz CT molecular complexity index is 768. The molecule has 0 aromatic heterocycles. The summed E-state index contributed by atoms with van der Waals surface area (Å²) in [4.78, 5) is 48.0. The molecule has 0 rings (SSSR count). The van der Waals surface area contributed by atoms with Crippen LogP contribution in [0.4, 0.5) is 0 Å². The zero-order valence-electron chi connectivity index (χ0n) is 27.9. The molecule has 0 aromatic rings. The Balaban J connectivity index is 3.98. The van der Waals surface area contributed by atoms with E-state index in [2.05, 4.69) is 38.2 Å². The van der Waals surface area contributed by atoms with Gasteiger partial charge in [0.05, 0.1) is 31.8 Å². The predicted molar refractivity (Wildman–Crippen MR) is 173 cm³/mol. The van der Waals surface area contributed by atoms with Crippen LogP contribution in [0.3, 0.4) is 0 Å². The van der Waals surface area contributed by atoms with Crippen molar-refractivity contribution >= 4 is 23.9 Å². The zero-order chi connectivity index (χ0) is 33.4. The Hall–Kier alpha value is -2.72. The van der Waals surface area contributed by atoms with Gasteiger partial charge in [-0.05, 0) is 77.0 Å². The van der Waals surface area contributed by atoms with E-state index in [0.29, 0.717) is 64.6 Å². The predicted octanol–water partition coefficient (Wildman–Crippen LogP) is 6.30. The van der Waals surface area contributed by atoms with Crippen molar-refractivity contribution in [3.8, 4) is 0 Å². The zero-order valence-corrected chi connectivity index (χ0v) is 27.9. The van der Waals surface area contributed by atoms with Gasteiger partial charge in [0.2, 0.25) is 0 Å².